The molecule has 98 valence electrons. The summed E-state index contributed by atoms with van der Waals surface area (Å²) < 4.78 is 5.28. The summed E-state index contributed by atoms with van der Waals surface area (Å²) in [6, 6.07) is 7.89. The molecule has 3 nitrogen and oxygen atoms in total. The summed E-state index contributed by atoms with van der Waals surface area (Å²) in [6.45, 7) is 3.57. The first-order chi connectivity index (χ1) is 8.71. The second-order valence-corrected chi connectivity index (χ2v) is 4.58. The van der Waals surface area contributed by atoms with Gasteiger partial charge in [-0.15, -0.1) is 0 Å². The van der Waals surface area contributed by atoms with Gasteiger partial charge in [0.25, 0.3) is 0 Å². The molecule has 0 aliphatic rings. The first-order valence-corrected chi connectivity index (χ1v) is 6.51. The van der Waals surface area contributed by atoms with Crippen molar-refractivity contribution < 1.29 is 4.74 Å². The van der Waals surface area contributed by atoms with E-state index < -0.39 is 0 Å². The van der Waals surface area contributed by atoms with Gasteiger partial charge in [0.2, 0.25) is 0 Å². The molecule has 1 aromatic rings. The zero-order chi connectivity index (χ0) is 13.4. The molecule has 0 saturated heterocycles. The molecular weight excluding hydrogens is 248 g/mol. The Kier molecular flexibility index (Phi) is 6.56. The summed E-state index contributed by atoms with van der Waals surface area (Å²) in [6.07, 6.45) is 1.72. The van der Waals surface area contributed by atoms with Crippen LogP contribution in [0.1, 0.15) is 18.9 Å². The zero-order valence-electron chi connectivity index (χ0n) is 10.9. The number of methoxy groups -OCH3 is 1. The van der Waals surface area contributed by atoms with Crippen LogP contribution in [0.4, 0.5) is 0 Å². The third-order valence-corrected chi connectivity index (χ3v) is 3.11. The van der Waals surface area contributed by atoms with Gasteiger partial charge in [0.05, 0.1) is 19.1 Å². The fourth-order valence-electron chi connectivity index (χ4n) is 1.72. The Morgan fingerprint density at radius 1 is 1.50 bits per heavy atom. The number of halogens is 1. The molecule has 1 rings (SSSR count). The molecule has 0 bridgehead atoms. The first kappa shape index (κ1) is 14.8. The molecule has 0 aliphatic heterocycles. The molecule has 0 heterocycles. The maximum atomic E-state index is 8.83. The van der Waals surface area contributed by atoms with Gasteiger partial charge in [0.1, 0.15) is 5.75 Å². The Morgan fingerprint density at radius 3 is 2.89 bits per heavy atom. The largest absolute Gasteiger partial charge is 0.496 e. The van der Waals surface area contributed by atoms with E-state index >= 15 is 0 Å². The van der Waals surface area contributed by atoms with Crippen molar-refractivity contribution in [1.82, 2.24) is 5.32 Å². The maximum Gasteiger partial charge on any atom is 0.122 e. The molecule has 0 amide bonds. The van der Waals surface area contributed by atoms with Gasteiger partial charge < -0.3 is 10.1 Å². The topological polar surface area (TPSA) is 45.0 Å². The van der Waals surface area contributed by atoms with Crippen LogP contribution >= 0.6 is 11.6 Å². The molecule has 0 spiro atoms. The Labute approximate surface area is 114 Å². The van der Waals surface area contributed by atoms with E-state index in [1.807, 2.05) is 25.1 Å². The Balaban J connectivity index is 2.44. The van der Waals surface area contributed by atoms with Gasteiger partial charge in [-0.05, 0) is 43.1 Å². The SMILES string of the molecule is CCC(C#N)CNCCc1cc(Cl)ccc1OC. The van der Waals surface area contributed by atoms with Gasteiger partial charge in [0.15, 0.2) is 0 Å². The number of hydrogen-bond donors (Lipinski definition) is 1. The molecular formula is C14H19ClN2O. The number of nitrogens with one attached hydrogen (secondary N) is 1. The van der Waals surface area contributed by atoms with Crippen molar-refractivity contribution in [3.05, 3.63) is 28.8 Å². The molecule has 0 saturated carbocycles. The lowest BCUT2D eigenvalue weighted by molar-refractivity contribution is 0.409. The van der Waals surface area contributed by atoms with E-state index in [-0.39, 0.29) is 5.92 Å². The van der Waals surface area contributed by atoms with Crippen LogP contribution in [-0.2, 0) is 6.42 Å². The summed E-state index contributed by atoms with van der Waals surface area (Å²) in [5.41, 5.74) is 1.09. The van der Waals surface area contributed by atoms with E-state index in [1.54, 1.807) is 7.11 Å². The highest BCUT2D eigenvalue weighted by Gasteiger charge is 2.05. The average molecular weight is 267 g/mol. The molecule has 0 aromatic heterocycles. The minimum absolute atomic E-state index is 0.0891. The minimum atomic E-state index is 0.0891. The smallest absolute Gasteiger partial charge is 0.122 e. The van der Waals surface area contributed by atoms with E-state index in [2.05, 4.69) is 11.4 Å². The predicted molar refractivity (Wildman–Crippen MR) is 74.0 cm³/mol. The van der Waals surface area contributed by atoms with Crippen LogP contribution in [0.2, 0.25) is 5.02 Å². The number of hydrogen-bond acceptors (Lipinski definition) is 3. The lowest BCUT2D eigenvalue weighted by Crippen LogP contribution is -2.24. The van der Waals surface area contributed by atoms with Gasteiger partial charge >= 0.3 is 0 Å². The highest BCUT2D eigenvalue weighted by atomic mass is 35.5. The van der Waals surface area contributed by atoms with E-state index in [4.69, 9.17) is 21.6 Å². The van der Waals surface area contributed by atoms with Crippen molar-refractivity contribution >= 4 is 11.6 Å². The van der Waals surface area contributed by atoms with Crippen molar-refractivity contribution in [3.63, 3.8) is 0 Å². The standard InChI is InChI=1S/C14H19ClN2O/c1-3-11(9-16)10-17-7-6-12-8-13(15)4-5-14(12)18-2/h4-5,8,11,17H,3,6-7,10H2,1-2H3. The molecule has 4 heteroatoms. The molecule has 1 aromatic carbocycles. The average Bonchev–Trinajstić information content (AvgIpc) is 2.39. The molecule has 1 unspecified atom stereocenters. The number of benzene rings is 1. The van der Waals surface area contributed by atoms with E-state index in [9.17, 15) is 0 Å². The normalized spacial score (nSPS) is 11.9. The van der Waals surface area contributed by atoms with Crippen LogP contribution in [0.5, 0.6) is 5.75 Å². The second kappa shape index (κ2) is 7.97. The van der Waals surface area contributed by atoms with Crippen molar-refractivity contribution in [2.45, 2.75) is 19.8 Å². The lowest BCUT2D eigenvalue weighted by atomic mass is 10.1. The third-order valence-electron chi connectivity index (χ3n) is 2.88. The Morgan fingerprint density at radius 2 is 2.28 bits per heavy atom. The number of nitrogens with zero attached hydrogens (tertiary/aromatic N) is 1. The van der Waals surface area contributed by atoms with Crippen LogP contribution in [0.3, 0.4) is 0 Å². The van der Waals surface area contributed by atoms with E-state index in [0.29, 0.717) is 5.02 Å². The third kappa shape index (κ3) is 4.56. The first-order valence-electron chi connectivity index (χ1n) is 6.14. The molecule has 1 atom stereocenters. The second-order valence-electron chi connectivity index (χ2n) is 4.14. The van der Waals surface area contributed by atoms with Crippen molar-refractivity contribution in [1.29, 1.82) is 5.26 Å². The van der Waals surface area contributed by atoms with Crippen LogP contribution < -0.4 is 10.1 Å². The summed E-state index contributed by atoms with van der Waals surface area (Å²) in [5, 5.41) is 12.8. The molecule has 18 heavy (non-hydrogen) atoms. The highest BCUT2D eigenvalue weighted by Crippen LogP contribution is 2.22. The summed E-state index contributed by atoms with van der Waals surface area (Å²) in [7, 11) is 1.66. The maximum absolute atomic E-state index is 8.83. The summed E-state index contributed by atoms with van der Waals surface area (Å²) >= 11 is 5.96. The van der Waals surface area contributed by atoms with Gasteiger partial charge in [-0.2, -0.15) is 5.26 Å². The minimum Gasteiger partial charge on any atom is -0.496 e. The molecule has 0 radical (unpaired) electrons. The molecule has 0 aliphatic carbocycles. The lowest BCUT2D eigenvalue weighted by Gasteiger charge is -2.11. The van der Waals surface area contributed by atoms with Crippen LogP contribution in [0.25, 0.3) is 0 Å². The van der Waals surface area contributed by atoms with Gasteiger partial charge in [-0.3, -0.25) is 0 Å². The fourth-order valence-corrected chi connectivity index (χ4v) is 1.92. The van der Waals surface area contributed by atoms with Gasteiger partial charge in [-0.1, -0.05) is 18.5 Å². The van der Waals surface area contributed by atoms with E-state index in [0.717, 1.165) is 37.2 Å². The van der Waals surface area contributed by atoms with Gasteiger partial charge in [0, 0.05) is 11.6 Å². The number of ether oxygens (including phenoxy) is 1. The highest BCUT2D eigenvalue weighted by molar-refractivity contribution is 6.30. The fraction of sp³-hybridized carbons (Fsp3) is 0.500. The van der Waals surface area contributed by atoms with Crippen LogP contribution in [0, 0.1) is 17.2 Å². The van der Waals surface area contributed by atoms with Crippen LogP contribution in [0.15, 0.2) is 18.2 Å². The van der Waals surface area contributed by atoms with Crippen molar-refractivity contribution in [2.75, 3.05) is 20.2 Å². The number of rotatable bonds is 7. The summed E-state index contributed by atoms with van der Waals surface area (Å²) in [4.78, 5) is 0. The Bertz CT molecular complexity index is 415. The van der Waals surface area contributed by atoms with Crippen molar-refractivity contribution in [3.8, 4) is 11.8 Å². The van der Waals surface area contributed by atoms with Crippen LogP contribution in [-0.4, -0.2) is 20.2 Å². The quantitative estimate of drug-likeness (QED) is 0.772. The molecule has 1 N–H and O–H groups in total. The molecule has 0 fully saturated rings. The zero-order valence-corrected chi connectivity index (χ0v) is 11.6. The monoisotopic (exact) mass is 266 g/mol. The van der Waals surface area contributed by atoms with E-state index in [1.165, 1.54) is 0 Å². The predicted octanol–water partition coefficient (Wildman–Crippen LogP) is 3.03. The Hall–Kier alpha value is -1.24. The van der Waals surface area contributed by atoms with Crippen molar-refractivity contribution in [2.24, 2.45) is 5.92 Å². The van der Waals surface area contributed by atoms with Gasteiger partial charge in [-0.25, -0.2) is 0 Å². The number of nitriles is 1. The summed E-state index contributed by atoms with van der Waals surface area (Å²) in [5.74, 6) is 0.944.